The lowest BCUT2D eigenvalue weighted by molar-refractivity contribution is -0.242. The van der Waals surface area contributed by atoms with Crippen LogP contribution in [-0.4, -0.2) is 37.5 Å². The van der Waals surface area contributed by atoms with Crippen LogP contribution in [0.25, 0.3) is 0 Å². The Hall–Kier alpha value is -1.95. The summed E-state index contributed by atoms with van der Waals surface area (Å²) in [5.74, 6) is -1.66. The van der Waals surface area contributed by atoms with Crippen LogP contribution in [0, 0.1) is 0 Å². The van der Waals surface area contributed by atoms with Crippen LogP contribution in [0.5, 0.6) is 0 Å². The van der Waals surface area contributed by atoms with Crippen LogP contribution in [0.4, 0.5) is 24.5 Å². The second kappa shape index (κ2) is 8.42. The Labute approximate surface area is 174 Å². The van der Waals surface area contributed by atoms with Crippen LogP contribution in [-0.2, 0) is 14.8 Å². The minimum absolute atomic E-state index is 0.0354. The van der Waals surface area contributed by atoms with Crippen LogP contribution in [0.2, 0.25) is 5.02 Å². The van der Waals surface area contributed by atoms with Gasteiger partial charge in [-0.15, -0.1) is 0 Å². The fourth-order valence-corrected chi connectivity index (χ4v) is 3.77. The van der Waals surface area contributed by atoms with Gasteiger partial charge in [0.15, 0.2) is 0 Å². The van der Waals surface area contributed by atoms with Crippen molar-refractivity contribution in [2.24, 2.45) is 0 Å². The van der Waals surface area contributed by atoms with Crippen molar-refractivity contribution >= 4 is 50.7 Å². The van der Waals surface area contributed by atoms with Gasteiger partial charge in [-0.2, -0.15) is 13.2 Å². The number of carbonyl (C=O) groups excluding carboxylic acids is 1. The molecule has 2 aromatic rings. The number of sulfonamides is 1. The van der Waals surface area contributed by atoms with Crippen LogP contribution in [0.3, 0.4) is 0 Å². The molecule has 0 aromatic heterocycles. The first-order valence-corrected chi connectivity index (χ1v) is 10.9. The molecular weight excluding hydrogens is 453 g/mol. The molecule has 0 saturated carbocycles. The van der Waals surface area contributed by atoms with Crippen LogP contribution >= 0.6 is 23.4 Å². The number of nitrogens with one attached hydrogen (secondary N) is 2. The number of aliphatic hydroxyl groups is 1. The van der Waals surface area contributed by atoms with Gasteiger partial charge >= 0.3 is 6.18 Å². The zero-order chi connectivity index (χ0) is 22.0. The van der Waals surface area contributed by atoms with Crippen molar-refractivity contribution in [3.05, 3.63) is 47.5 Å². The molecule has 0 saturated heterocycles. The second-order valence-corrected chi connectivity index (χ2v) is 9.47. The molecular formula is C17H16ClF3N2O4S2. The molecule has 2 aromatic carbocycles. The van der Waals surface area contributed by atoms with Crippen molar-refractivity contribution < 1.29 is 31.5 Å². The lowest BCUT2D eigenvalue weighted by Crippen LogP contribution is -2.52. The summed E-state index contributed by atoms with van der Waals surface area (Å²) in [5.41, 5.74) is -3.31. The lowest BCUT2D eigenvalue weighted by atomic mass is 10.1. The zero-order valence-corrected chi connectivity index (χ0v) is 17.4. The third-order valence-corrected chi connectivity index (χ3v) is 5.45. The van der Waals surface area contributed by atoms with Gasteiger partial charge in [0.1, 0.15) is 0 Å². The van der Waals surface area contributed by atoms with Gasteiger partial charge < -0.3 is 10.4 Å². The number of halogens is 4. The van der Waals surface area contributed by atoms with Gasteiger partial charge in [0.2, 0.25) is 15.6 Å². The summed E-state index contributed by atoms with van der Waals surface area (Å²) < 4.78 is 63.2. The molecule has 0 aliphatic heterocycles. The Morgan fingerprint density at radius 1 is 1.14 bits per heavy atom. The van der Waals surface area contributed by atoms with E-state index in [-0.39, 0.29) is 10.7 Å². The van der Waals surface area contributed by atoms with Crippen molar-refractivity contribution in [2.75, 3.05) is 16.3 Å². The summed E-state index contributed by atoms with van der Waals surface area (Å²) in [4.78, 5) is 13.0. The number of rotatable bonds is 6. The van der Waals surface area contributed by atoms with Crippen molar-refractivity contribution in [3.8, 4) is 0 Å². The number of hydrogen-bond acceptors (Lipinski definition) is 5. The Bertz CT molecular complexity index is 1030. The topological polar surface area (TPSA) is 95.5 Å². The molecule has 1 amide bonds. The molecule has 2 rings (SSSR count). The summed E-state index contributed by atoms with van der Waals surface area (Å²) in [7, 11) is -3.43. The highest BCUT2D eigenvalue weighted by Crippen LogP contribution is 2.35. The standard InChI is InChI=1S/C17H16ClF3N2O4S2/c1-16(25,17(19,20)21)15(24)22-14-7-6-12(9-13(14)18)28-11-5-3-4-10(8-11)23-29(2,26)27/h3-9,23,25H,1-2H3,(H,22,24). The van der Waals surface area contributed by atoms with Crippen molar-refractivity contribution in [1.29, 1.82) is 0 Å². The molecule has 0 aliphatic carbocycles. The Morgan fingerprint density at radius 3 is 2.31 bits per heavy atom. The summed E-state index contributed by atoms with van der Waals surface area (Å²) in [6.45, 7) is 0.345. The SMILES string of the molecule is CC(O)(C(=O)Nc1ccc(Sc2cccc(NS(C)(=O)=O)c2)cc1Cl)C(F)(F)F. The predicted octanol–water partition coefficient (Wildman–Crippen LogP) is 4.11. The molecule has 6 nitrogen and oxygen atoms in total. The van der Waals surface area contributed by atoms with Gasteiger partial charge in [0.25, 0.3) is 5.91 Å². The molecule has 0 bridgehead atoms. The van der Waals surface area contributed by atoms with Crippen LogP contribution in [0.1, 0.15) is 6.92 Å². The molecule has 1 unspecified atom stereocenters. The van der Waals surface area contributed by atoms with Crippen molar-refractivity contribution in [1.82, 2.24) is 0 Å². The van der Waals surface area contributed by atoms with E-state index < -0.39 is 27.7 Å². The highest BCUT2D eigenvalue weighted by molar-refractivity contribution is 7.99. The van der Waals surface area contributed by atoms with E-state index >= 15 is 0 Å². The third kappa shape index (κ3) is 6.26. The number of hydrogen-bond donors (Lipinski definition) is 3. The van der Waals surface area contributed by atoms with Gasteiger partial charge in [0.05, 0.1) is 17.0 Å². The number of amides is 1. The summed E-state index contributed by atoms with van der Waals surface area (Å²) in [6, 6.07) is 10.8. The largest absolute Gasteiger partial charge is 0.426 e. The monoisotopic (exact) mass is 468 g/mol. The Balaban J connectivity index is 2.16. The van der Waals surface area contributed by atoms with Gasteiger partial charge in [-0.05, 0) is 43.3 Å². The van der Waals surface area contributed by atoms with Crippen molar-refractivity contribution in [3.63, 3.8) is 0 Å². The number of benzene rings is 2. The maximum atomic E-state index is 12.7. The molecule has 1 atom stereocenters. The molecule has 0 aliphatic rings. The number of alkyl halides is 3. The number of anilines is 2. The molecule has 29 heavy (non-hydrogen) atoms. The Kier molecular flexibility index (Phi) is 6.78. The average Bonchev–Trinajstić information content (AvgIpc) is 2.55. The molecule has 0 fully saturated rings. The maximum Gasteiger partial charge on any atom is 0.426 e. The fraction of sp³-hybridized carbons (Fsp3) is 0.235. The molecule has 3 N–H and O–H groups in total. The first kappa shape index (κ1) is 23.3. The molecule has 12 heteroatoms. The van der Waals surface area contributed by atoms with E-state index in [0.717, 1.165) is 6.26 Å². The maximum absolute atomic E-state index is 12.7. The van der Waals surface area contributed by atoms with Gasteiger partial charge in [0, 0.05) is 15.5 Å². The van der Waals surface area contributed by atoms with Gasteiger partial charge in [-0.3, -0.25) is 9.52 Å². The summed E-state index contributed by atoms with van der Waals surface area (Å²) in [6.07, 6.45) is -4.12. The first-order valence-electron chi connectivity index (χ1n) is 7.85. The van der Waals surface area contributed by atoms with E-state index in [2.05, 4.69) is 4.72 Å². The average molecular weight is 469 g/mol. The second-order valence-electron chi connectivity index (χ2n) is 6.17. The molecule has 0 heterocycles. The first-order chi connectivity index (χ1) is 13.2. The normalized spacial score (nSPS) is 14.2. The van der Waals surface area contributed by atoms with E-state index in [1.54, 1.807) is 24.3 Å². The van der Waals surface area contributed by atoms with E-state index in [0.29, 0.717) is 22.4 Å². The zero-order valence-electron chi connectivity index (χ0n) is 15.0. The van der Waals surface area contributed by atoms with Crippen LogP contribution < -0.4 is 10.0 Å². The summed E-state index contributed by atoms with van der Waals surface area (Å²) in [5, 5.41) is 11.3. The minimum atomic E-state index is -5.15. The summed E-state index contributed by atoms with van der Waals surface area (Å²) >= 11 is 7.26. The fourth-order valence-electron chi connectivity index (χ4n) is 2.01. The van der Waals surface area contributed by atoms with Crippen LogP contribution in [0.15, 0.2) is 52.3 Å². The quantitative estimate of drug-likeness (QED) is 0.593. The van der Waals surface area contributed by atoms with E-state index in [4.69, 9.17) is 11.6 Å². The van der Waals surface area contributed by atoms with E-state index in [9.17, 15) is 31.5 Å². The lowest BCUT2D eigenvalue weighted by Gasteiger charge is -2.25. The highest BCUT2D eigenvalue weighted by atomic mass is 35.5. The van der Waals surface area contributed by atoms with E-state index in [1.165, 1.54) is 30.0 Å². The van der Waals surface area contributed by atoms with Gasteiger partial charge in [-0.25, -0.2) is 8.42 Å². The minimum Gasteiger partial charge on any atom is -0.373 e. The van der Waals surface area contributed by atoms with Crippen molar-refractivity contribution in [2.45, 2.75) is 28.5 Å². The smallest absolute Gasteiger partial charge is 0.373 e. The Morgan fingerprint density at radius 2 is 1.76 bits per heavy atom. The third-order valence-electron chi connectivity index (χ3n) is 3.56. The molecule has 158 valence electrons. The highest BCUT2D eigenvalue weighted by Gasteiger charge is 2.55. The number of carbonyl (C=O) groups is 1. The predicted molar refractivity (Wildman–Crippen MR) is 106 cm³/mol. The molecule has 0 radical (unpaired) electrons. The molecule has 0 spiro atoms. The van der Waals surface area contributed by atoms with E-state index in [1.807, 2.05) is 5.32 Å². The van der Waals surface area contributed by atoms with Gasteiger partial charge in [-0.1, -0.05) is 29.4 Å².